The largest absolute Gasteiger partial charge is 0.416 e. The number of thiazole rings is 1. The first kappa shape index (κ1) is 28.2. The van der Waals surface area contributed by atoms with Gasteiger partial charge in [-0.3, -0.25) is 23.7 Å². The number of imide groups is 1. The van der Waals surface area contributed by atoms with Crippen molar-refractivity contribution in [1.29, 1.82) is 0 Å². The van der Waals surface area contributed by atoms with E-state index in [1.54, 1.807) is 29.2 Å². The van der Waals surface area contributed by atoms with E-state index in [0.717, 1.165) is 50.7 Å². The highest BCUT2D eigenvalue weighted by molar-refractivity contribution is 9.10. The summed E-state index contributed by atoms with van der Waals surface area (Å²) >= 11 is 5.33. The van der Waals surface area contributed by atoms with Gasteiger partial charge in [-0.15, -0.1) is 0 Å². The summed E-state index contributed by atoms with van der Waals surface area (Å²) < 4.78 is 47.8. The van der Waals surface area contributed by atoms with E-state index < -0.39 is 40.6 Å². The normalized spacial score (nSPS) is 22.6. The predicted molar refractivity (Wildman–Crippen MR) is 149 cm³/mol. The number of amides is 3. The Kier molecular flexibility index (Phi) is 7.37. The highest BCUT2D eigenvalue weighted by atomic mass is 79.9. The molecule has 4 heterocycles. The van der Waals surface area contributed by atoms with Crippen molar-refractivity contribution in [2.24, 2.45) is 5.92 Å². The van der Waals surface area contributed by atoms with Gasteiger partial charge in [0.25, 0.3) is 0 Å². The van der Waals surface area contributed by atoms with Crippen molar-refractivity contribution in [2.75, 3.05) is 31.2 Å². The average Bonchev–Trinajstić information content (AvgIpc) is 3.39. The molecule has 0 N–H and O–H groups in total. The van der Waals surface area contributed by atoms with Crippen LogP contribution in [0.4, 0.5) is 18.9 Å². The van der Waals surface area contributed by atoms with E-state index in [4.69, 9.17) is 4.74 Å². The van der Waals surface area contributed by atoms with E-state index in [9.17, 15) is 32.3 Å². The van der Waals surface area contributed by atoms with E-state index in [2.05, 4.69) is 15.9 Å². The average molecular weight is 669 g/mol. The molecule has 0 unspecified atom stereocenters. The highest BCUT2D eigenvalue weighted by Crippen LogP contribution is 2.54. The number of thioether (sulfide) groups is 1. The number of hydrogen-bond acceptors (Lipinski definition) is 7. The summed E-state index contributed by atoms with van der Waals surface area (Å²) in [5.41, 5.74) is -0.468. The second-order valence-electron chi connectivity index (χ2n) is 9.77. The van der Waals surface area contributed by atoms with Gasteiger partial charge in [0.1, 0.15) is 11.8 Å². The van der Waals surface area contributed by atoms with Crippen LogP contribution in [0.2, 0.25) is 0 Å². The maximum atomic E-state index is 13.9. The smallest absolute Gasteiger partial charge is 0.378 e. The number of anilines is 1. The predicted octanol–water partition coefficient (Wildman–Crippen LogP) is 4.35. The summed E-state index contributed by atoms with van der Waals surface area (Å²) in [5.74, 6) is -3.24. The van der Waals surface area contributed by atoms with Crippen LogP contribution < -0.4 is 9.77 Å². The fraction of sp³-hybridized carbons (Fsp3) is 0.333. The van der Waals surface area contributed by atoms with Crippen LogP contribution in [0, 0.1) is 5.92 Å². The number of benzene rings is 2. The third-order valence-electron chi connectivity index (χ3n) is 7.37. The number of nitrogens with zero attached hydrogens (tertiary/aromatic N) is 3. The lowest BCUT2D eigenvalue weighted by Gasteiger charge is -2.31. The monoisotopic (exact) mass is 667 g/mol. The van der Waals surface area contributed by atoms with Gasteiger partial charge < -0.3 is 9.64 Å². The summed E-state index contributed by atoms with van der Waals surface area (Å²) in [4.78, 5) is 56.6. The van der Waals surface area contributed by atoms with Crippen LogP contribution in [-0.4, -0.2) is 58.7 Å². The third kappa shape index (κ3) is 5.04. The fourth-order valence-electron chi connectivity index (χ4n) is 5.41. The second kappa shape index (κ2) is 10.7. The maximum Gasteiger partial charge on any atom is 0.416 e. The zero-order valence-electron chi connectivity index (χ0n) is 21.1. The number of morpholine rings is 1. The lowest BCUT2D eigenvalue weighted by Crippen LogP contribution is -2.43. The van der Waals surface area contributed by atoms with Gasteiger partial charge in [0, 0.05) is 28.4 Å². The van der Waals surface area contributed by atoms with Crippen molar-refractivity contribution in [1.82, 2.24) is 9.47 Å². The number of ether oxygens (including phenoxy) is 1. The van der Waals surface area contributed by atoms with Crippen molar-refractivity contribution in [2.45, 2.75) is 28.9 Å². The Morgan fingerprint density at radius 2 is 1.73 bits per heavy atom. The molecule has 3 aliphatic heterocycles. The van der Waals surface area contributed by atoms with E-state index in [1.807, 2.05) is 0 Å². The van der Waals surface area contributed by atoms with Crippen LogP contribution in [0.15, 0.2) is 62.8 Å². The Bertz CT molecular complexity index is 1600. The minimum Gasteiger partial charge on any atom is -0.378 e. The molecule has 1 aromatic heterocycles. The van der Waals surface area contributed by atoms with Gasteiger partial charge in [0.15, 0.2) is 0 Å². The summed E-state index contributed by atoms with van der Waals surface area (Å²) in [7, 11) is 0. The molecule has 3 aliphatic rings. The van der Waals surface area contributed by atoms with Gasteiger partial charge in [-0.1, -0.05) is 57.2 Å². The molecule has 3 amide bonds. The first-order valence-corrected chi connectivity index (χ1v) is 15.1. The molecule has 6 rings (SSSR count). The van der Waals surface area contributed by atoms with Gasteiger partial charge in [-0.25, -0.2) is 4.90 Å². The number of fused-ring (bicyclic) bond motifs is 2. The van der Waals surface area contributed by atoms with Gasteiger partial charge >= 0.3 is 11.0 Å². The minimum absolute atomic E-state index is 0.164. The molecule has 2 fully saturated rings. The number of alkyl halides is 3. The minimum atomic E-state index is -4.66. The number of carbonyl (C=O) groups is 3. The molecular formula is C27H21BrF3N3O5S2. The number of aromatic nitrogens is 1. The van der Waals surface area contributed by atoms with Crippen LogP contribution in [0.25, 0.3) is 0 Å². The van der Waals surface area contributed by atoms with Crippen molar-refractivity contribution >= 4 is 62.4 Å². The first-order chi connectivity index (χ1) is 19.5. The topological polar surface area (TPSA) is 88.9 Å². The van der Waals surface area contributed by atoms with Crippen molar-refractivity contribution in [3.05, 3.63) is 78.7 Å². The second-order valence-corrected chi connectivity index (χ2v) is 12.8. The summed E-state index contributed by atoms with van der Waals surface area (Å²) in [6, 6.07) is 11.2. The van der Waals surface area contributed by atoms with E-state index in [-0.39, 0.29) is 23.0 Å². The van der Waals surface area contributed by atoms with Crippen LogP contribution in [0.3, 0.4) is 0 Å². The summed E-state index contributed by atoms with van der Waals surface area (Å²) in [6.07, 6.45) is -4.66. The van der Waals surface area contributed by atoms with Crippen LogP contribution in [0.1, 0.15) is 21.9 Å². The molecule has 14 heteroatoms. The van der Waals surface area contributed by atoms with Gasteiger partial charge in [-0.2, -0.15) is 13.2 Å². The zero-order chi connectivity index (χ0) is 29.1. The molecule has 2 saturated heterocycles. The zero-order valence-corrected chi connectivity index (χ0v) is 24.3. The Labute approximate surface area is 248 Å². The van der Waals surface area contributed by atoms with Gasteiger partial charge in [0.05, 0.1) is 35.4 Å². The van der Waals surface area contributed by atoms with Crippen molar-refractivity contribution < 1.29 is 32.3 Å². The first-order valence-electron chi connectivity index (χ1n) is 12.6. The van der Waals surface area contributed by atoms with Gasteiger partial charge in [0.2, 0.25) is 17.7 Å². The highest BCUT2D eigenvalue weighted by Gasteiger charge is 2.57. The molecule has 3 aromatic rings. The van der Waals surface area contributed by atoms with E-state index in [1.165, 1.54) is 10.6 Å². The molecular weight excluding hydrogens is 647 g/mol. The molecule has 0 aliphatic carbocycles. The standard InChI is InChI=1S/C27H21BrF3N3O5S2/c28-16-6-4-14(5-7-16)19-20-21(24(37)34(23(20)36)17-3-1-2-15(12-17)27(29,30)31)40-25-22(19)41-26(38)33(25)13-18(35)32-8-10-39-11-9-32/h1-7,12,19-21H,8-11,13H2/t19-,20-,21+/m0/s1. The molecule has 0 spiro atoms. The van der Waals surface area contributed by atoms with Crippen LogP contribution in [-0.2, 0) is 31.8 Å². The molecule has 8 nitrogen and oxygen atoms in total. The van der Waals surface area contributed by atoms with Crippen molar-refractivity contribution in [3.63, 3.8) is 0 Å². The maximum absolute atomic E-state index is 13.9. The fourth-order valence-corrected chi connectivity index (χ4v) is 8.45. The number of hydrogen-bond donors (Lipinski definition) is 0. The Morgan fingerprint density at radius 3 is 2.41 bits per heavy atom. The van der Waals surface area contributed by atoms with Gasteiger partial charge in [-0.05, 0) is 35.9 Å². The Morgan fingerprint density at radius 1 is 1.02 bits per heavy atom. The van der Waals surface area contributed by atoms with Crippen LogP contribution in [0.5, 0.6) is 0 Å². The lowest BCUT2D eigenvalue weighted by atomic mass is 9.83. The van der Waals surface area contributed by atoms with E-state index in [0.29, 0.717) is 41.8 Å². The number of carbonyl (C=O) groups excluding carboxylic acids is 3. The van der Waals surface area contributed by atoms with Crippen LogP contribution >= 0.6 is 39.0 Å². The summed E-state index contributed by atoms with van der Waals surface area (Å²) in [5, 5.41) is -0.584. The molecule has 0 bridgehead atoms. The van der Waals surface area contributed by atoms with E-state index >= 15 is 0 Å². The summed E-state index contributed by atoms with van der Waals surface area (Å²) in [6.45, 7) is 1.36. The molecule has 41 heavy (non-hydrogen) atoms. The molecule has 2 aromatic carbocycles. The van der Waals surface area contributed by atoms with Crippen molar-refractivity contribution in [3.8, 4) is 0 Å². The molecule has 0 radical (unpaired) electrons. The Balaban J connectivity index is 1.43. The number of rotatable bonds is 4. The SMILES string of the molecule is O=C(Cn1c2c(sc1=O)[C@@H](c1ccc(Br)cc1)[C@@H]1C(=O)N(c3cccc(C(F)(F)F)c3)C(=O)[C@@H]1S2)N1CCOCC1. The molecule has 0 saturated carbocycles. The molecule has 3 atom stereocenters. The molecule has 214 valence electrons. The quantitative estimate of drug-likeness (QED) is 0.385. The Hall–Kier alpha value is -2.94. The number of halogens is 4. The third-order valence-corrected chi connectivity index (χ3v) is 10.5. The lowest BCUT2D eigenvalue weighted by molar-refractivity contribution is -0.138.